The number of hydrogen-bond acceptors (Lipinski definition) is 5. The Morgan fingerprint density at radius 3 is 2.61 bits per heavy atom. The molecule has 2 heterocycles. The first-order valence-corrected chi connectivity index (χ1v) is 11.5. The third kappa shape index (κ3) is 2.76. The van der Waals surface area contributed by atoms with Crippen molar-refractivity contribution in [1.82, 2.24) is 5.32 Å². The lowest BCUT2D eigenvalue weighted by molar-refractivity contribution is -0.204. The van der Waals surface area contributed by atoms with Crippen LogP contribution in [0.25, 0.3) is 0 Å². The summed E-state index contributed by atoms with van der Waals surface area (Å²) in [5.74, 6) is 1.14. The van der Waals surface area contributed by atoms with Gasteiger partial charge in [0.25, 0.3) is 5.91 Å². The third-order valence-electron chi connectivity index (χ3n) is 9.12. The molecular formula is C25H33NO5. The van der Waals surface area contributed by atoms with Crippen LogP contribution in [0.3, 0.4) is 0 Å². The summed E-state index contributed by atoms with van der Waals surface area (Å²) >= 11 is 0. The minimum absolute atomic E-state index is 0.00433. The zero-order valence-electron chi connectivity index (χ0n) is 19.1. The highest BCUT2D eigenvalue weighted by molar-refractivity contribution is 6.00. The van der Waals surface area contributed by atoms with Crippen molar-refractivity contribution in [1.29, 1.82) is 0 Å². The van der Waals surface area contributed by atoms with E-state index < -0.39 is 0 Å². The second kappa shape index (κ2) is 6.39. The van der Waals surface area contributed by atoms with Crippen molar-refractivity contribution in [3.05, 3.63) is 22.8 Å². The molecule has 2 aliphatic carbocycles. The molecule has 2 N–H and O–H groups in total. The topological polar surface area (TPSA) is 84.9 Å². The molecule has 5 unspecified atom stereocenters. The summed E-state index contributed by atoms with van der Waals surface area (Å²) in [5.41, 5.74) is 1.76. The van der Waals surface area contributed by atoms with Gasteiger partial charge in [0.2, 0.25) is 0 Å². The normalized spacial score (nSPS) is 37.5. The van der Waals surface area contributed by atoms with E-state index >= 15 is 0 Å². The molecule has 5 rings (SSSR count). The summed E-state index contributed by atoms with van der Waals surface area (Å²) in [6, 6.07) is 1.60. The van der Waals surface area contributed by atoms with Gasteiger partial charge in [0.05, 0.1) is 5.56 Å². The van der Waals surface area contributed by atoms with Crippen LogP contribution in [-0.2, 0) is 22.5 Å². The molecule has 2 fully saturated rings. The van der Waals surface area contributed by atoms with Crippen molar-refractivity contribution in [3.8, 4) is 11.5 Å². The van der Waals surface area contributed by atoms with Crippen LogP contribution in [0.15, 0.2) is 6.07 Å². The Morgan fingerprint density at radius 2 is 1.90 bits per heavy atom. The number of nitrogens with one attached hydrogen (secondary N) is 1. The summed E-state index contributed by atoms with van der Waals surface area (Å²) < 4.78 is 12.5. The number of benzene rings is 1. The van der Waals surface area contributed by atoms with Gasteiger partial charge in [0, 0.05) is 35.9 Å². The van der Waals surface area contributed by atoms with Gasteiger partial charge in [-0.25, -0.2) is 0 Å². The van der Waals surface area contributed by atoms with Crippen LogP contribution in [0.2, 0.25) is 0 Å². The van der Waals surface area contributed by atoms with Crippen LogP contribution >= 0.6 is 0 Å². The number of aromatic hydroxyl groups is 1. The average molecular weight is 428 g/mol. The third-order valence-corrected chi connectivity index (χ3v) is 9.12. The molecule has 4 aliphatic rings. The molecule has 0 saturated heterocycles. The second-order valence-electron chi connectivity index (χ2n) is 11.1. The Balaban J connectivity index is 1.55. The minimum Gasteiger partial charge on any atom is -0.508 e. The lowest BCUT2D eigenvalue weighted by Gasteiger charge is -2.64. The lowest BCUT2D eigenvalue weighted by Crippen LogP contribution is -2.64. The molecule has 6 heteroatoms. The lowest BCUT2D eigenvalue weighted by atomic mass is 9.44. The fourth-order valence-corrected chi connectivity index (χ4v) is 7.60. The summed E-state index contributed by atoms with van der Waals surface area (Å²) in [6.07, 6.45) is 4.37. The van der Waals surface area contributed by atoms with Gasteiger partial charge in [-0.1, -0.05) is 20.8 Å². The van der Waals surface area contributed by atoms with E-state index in [-0.39, 0.29) is 46.1 Å². The molecule has 0 aromatic heterocycles. The maximum atomic E-state index is 12.2. The van der Waals surface area contributed by atoms with Crippen molar-refractivity contribution in [3.63, 3.8) is 0 Å². The molecule has 0 spiro atoms. The Kier molecular flexibility index (Phi) is 4.26. The van der Waals surface area contributed by atoms with Crippen molar-refractivity contribution in [2.45, 2.75) is 85.0 Å². The minimum atomic E-state index is -0.351. The highest BCUT2D eigenvalue weighted by atomic mass is 16.5. The van der Waals surface area contributed by atoms with Crippen LogP contribution in [0.1, 0.15) is 81.8 Å². The van der Waals surface area contributed by atoms with Crippen LogP contribution in [0, 0.1) is 22.7 Å². The molecule has 2 saturated carbocycles. The molecule has 0 bridgehead atoms. The van der Waals surface area contributed by atoms with Gasteiger partial charge < -0.3 is 19.9 Å². The molecule has 6 nitrogen and oxygen atoms in total. The largest absolute Gasteiger partial charge is 0.508 e. The Hall–Kier alpha value is -2.24. The second-order valence-corrected chi connectivity index (χ2v) is 11.1. The zero-order valence-corrected chi connectivity index (χ0v) is 19.1. The quantitative estimate of drug-likeness (QED) is 0.659. The van der Waals surface area contributed by atoms with Gasteiger partial charge in [-0.2, -0.15) is 0 Å². The van der Waals surface area contributed by atoms with Gasteiger partial charge in [-0.15, -0.1) is 0 Å². The maximum absolute atomic E-state index is 12.2. The van der Waals surface area contributed by atoms with Gasteiger partial charge in [-0.05, 0) is 56.4 Å². The van der Waals surface area contributed by atoms with Crippen molar-refractivity contribution in [2.24, 2.45) is 22.7 Å². The molecule has 1 aromatic carbocycles. The number of esters is 1. The predicted molar refractivity (Wildman–Crippen MR) is 115 cm³/mol. The van der Waals surface area contributed by atoms with Gasteiger partial charge in [0.15, 0.2) is 0 Å². The van der Waals surface area contributed by atoms with E-state index in [0.717, 1.165) is 43.2 Å². The molecule has 2 aliphatic heterocycles. The van der Waals surface area contributed by atoms with Crippen molar-refractivity contribution in [2.75, 3.05) is 0 Å². The first kappa shape index (κ1) is 20.7. The summed E-state index contributed by atoms with van der Waals surface area (Å²) in [6.45, 7) is 11.0. The highest BCUT2D eigenvalue weighted by Crippen LogP contribution is 2.65. The summed E-state index contributed by atoms with van der Waals surface area (Å²) in [5, 5.41) is 13.7. The molecule has 5 atom stereocenters. The molecule has 0 radical (unpaired) electrons. The Morgan fingerprint density at radius 1 is 1.16 bits per heavy atom. The molecular weight excluding hydrogens is 394 g/mol. The molecule has 1 aromatic rings. The van der Waals surface area contributed by atoms with E-state index in [0.29, 0.717) is 23.8 Å². The number of carbonyl (C=O) groups excluding carboxylic acids is 2. The number of hydrogen-bond donors (Lipinski definition) is 2. The number of phenolic OH excluding ortho intramolecular Hbond substituents is 1. The number of carbonyl (C=O) groups is 2. The SMILES string of the molecule is CC(=O)OC1CCC2(C)C3Cc4c(O)cc5c(c4OC3(C)CCC2C1(C)C)CNC5=O. The number of ether oxygens (including phenoxy) is 2. The van der Waals surface area contributed by atoms with Gasteiger partial charge >= 0.3 is 5.97 Å². The van der Waals surface area contributed by atoms with Crippen molar-refractivity contribution >= 4 is 11.9 Å². The maximum Gasteiger partial charge on any atom is 0.302 e. The number of rotatable bonds is 1. The Bertz CT molecular complexity index is 985. The fraction of sp³-hybridized carbons (Fsp3) is 0.680. The van der Waals surface area contributed by atoms with Gasteiger partial charge in [0.1, 0.15) is 23.2 Å². The van der Waals surface area contributed by atoms with Gasteiger partial charge in [-0.3, -0.25) is 9.59 Å². The highest BCUT2D eigenvalue weighted by Gasteiger charge is 2.63. The number of phenols is 1. The van der Waals surface area contributed by atoms with Crippen LogP contribution in [0.5, 0.6) is 11.5 Å². The summed E-state index contributed by atoms with van der Waals surface area (Å²) in [4.78, 5) is 23.9. The first-order chi connectivity index (χ1) is 14.5. The molecule has 168 valence electrons. The Labute approximate surface area is 183 Å². The number of fused-ring (bicyclic) bond motifs is 6. The number of amides is 1. The zero-order chi connectivity index (χ0) is 22.3. The van der Waals surface area contributed by atoms with Crippen molar-refractivity contribution < 1.29 is 24.2 Å². The van der Waals surface area contributed by atoms with E-state index in [1.165, 1.54) is 6.92 Å². The van der Waals surface area contributed by atoms with E-state index in [1.54, 1.807) is 6.07 Å². The fourth-order valence-electron chi connectivity index (χ4n) is 7.60. The molecule has 1 amide bonds. The predicted octanol–water partition coefficient (Wildman–Crippen LogP) is 4.11. The summed E-state index contributed by atoms with van der Waals surface area (Å²) in [7, 11) is 0. The smallest absolute Gasteiger partial charge is 0.302 e. The van der Waals surface area contributed by atoms with Crippen LogP contribution in [0.4, 0.5) is 0 Å². The van der Waals surface area contributed by atoms with Crippen LogP contribution in [-0.4, -0.2) is 28.7 Å². The van der Waals surface area contributed by atoms with Crippen LogP contribution < -0.4 is 10.1 Å². The van der Waals surface area contributed by atoms with E-state index in [9.17, 15) is 14.7 Å². The standard InChI is InChI=1S/C25H33NO5/c1-13(27)30-20-7-8-24(4)18(23(20,2)3)6-9-25(5)19(24)11-15-17(28)10-14-16(21(15)31-25)12-26-22(14)29/h10,18-20,28H,6-9,11-12H2,1-5H3,(H,26,29). The average Bonchev–Trinajstić information content (AvgIpc) is 3.04. The van der Waals surface area contributed by atoms with E-state index in [4.69, 9.17) is 9.47 Å². The van der Waals surface area contributed by atoms with E-state index in [1.807, 2.05) is 0 Å². The van der Waals surface area contributed by atoms with E-state index in [2.05, 4.69) is 33.0 Å². The molecule has 31 heavy (non-hydrogen) atoms. The first-order valence-electron chi connectivity index (χ1n) is 11.5. The monoisotopic (exact) mass is 427 g/mol.